The van der Waals surface area contributed by atoms with Crippen molar-refractivity contribution in [3.8, 4) is 0 Å². The highest BCUT2D eigenvalue weighted by Gasteiger charge is 2.42. The maximum absolute atomic E-state index is 14.5. The van der Waals surface area contributed by atoms with Crippen LogP contribution in [0.3, 0.4) is 0 Å². The van der Waals surface area contributed by atoms with E-state index in [1.807, 2.05) is 83.6 Å². The second-order valence-electron chi connectivity index (χ2n) is 9.18. The quantitative estimate of drug-likeness (QED) is 0.370. The van der Waals surface area contributed by atoms with Gasteiger partial charge in [0.25, 0.3) is 0 Å². The second kappa shape index (κ2) is 9.61. The van der Waals surface area contributed by atoms with Crippen molar-refractivity contribution < 1.29 is 14.2 Å². The Morgan fingerprint density at radius 3 is 1.61 bits per heavy atom. The van der Waals surface area contributed by atoms with E-state index in [9.17, 15) is 14.2 Å². The van der Waals surface area contributed by atoms with Crippen LogP contribution in [0.4, 0.5) is 0 Å². The van der Waals surface area contributed by atoms with E-state index in [-0.39, 0.29) is 6.16 Å². The zero-order valence-electron chi connectivity index (χ0n) is 20.7. The van der Waals surface area contributed by atoms with Crippen molar-refractivity contribution in [2.24, 2.45) is 7.05 Å². The minimum atomic E-state index is -3.93. The molecule has 0 saturated carbocycles. The van der Waals surface area contributed by atoms with Gasteiger partial charge in [0.05, 0.1) is 0 Å². The Balaban J connectivity index is 2.08. The first kappa shape index (κ1) is 24.9. The van der Waals surface area contributed by atoms with Crippen LogP contribution in [-0.2, 0) is 18.0 Å². The number of benzene rings is 2. The smallest absolute Gasteiger partial charge is 0.229 e. The first-order valence-electron chi connectivity index (χ1n) is 11.3. The number of carbonyl (C=O) groups is 2. The first-order valence-corrected chi connectivity index (χ1v) is 13.2. The van der Waals surface area contributed by atoms with E-state index in [1.54, 1.807) is 6.20 Å². The second-order valence-corrected chi connectivity index (χ2v) is 11.9. The maximum Gasteiger partial charge on any atom is 0.229 e. The molecule has 3 rings (SSSR count). The van der Waals surface area contributed by atoms with Crippen LogP contribution in [0.2, 0.25) is 0 Å². The molecule has 0 atom stereocenters. The molecule has 0 N–H and O–H groups in total. The van der Waals surface area contributed by atoms with E-state index >= 15 is 0 Å². The predicted octanol–water partition coefficient (Wildman–Crippen LogP) is 6.25. The molecule has 0 radical (unpaired) electrons. The summed E-state index contributed by atoms with van der Waals surface area (Å²) in [6.07, 6.45) is 4.57. The van der Waals surface area contributed by atoms with Crippen molar-refractivity contribution >= 4 is 18.2 Å². The first-order chi connectivity index (χ1) is 15.5. The van der Waals surface area contributed by atoms with Gasteiger partial charge in [-0.1, -0.05) is 35.4 Å². The van der Waals surface area contributed by atoms with E-state index in [1.165, 1.54) is 0 Å². The topological polar surface area (TPSA) is 69.0 Å². The van der Waals surface area contributed by atoms with E-state index in [2.05, 4.69) is 4.98 Å². The molecule has 0 saturated heterocycles. The van der Waals surface area contributed by atoms with Crippen molar-refractivity contribution in [1.29, 1.82) is 0 Å². The summed E-state index contributed by atoms with van der Waals surface area (Å²) >= 11 is 0. The summed E-state index contributed by atoms with van der Waals surface area (Å²) in [4.78, 5) is 32.1. The molecular weight excluding hydrogens is 431 g/mol. The zero-order valence-corrected chi connectivity index (χ0v) is 21.5. The van der Waals surface area contributed by atoms with E-state index in [0.29, 0.717) is 24.0 Å². The van der Waals surface area contributed by atoms with Crippen LogP contribution in [0.1, 0.15) is 66.3 Å². The van der Waals surface area contributed by atoms with Gasteiger partial charge < -0.3 is 9.13 Å². The average Bonchev–Trinajstić information content (AvgIpc) is 3.10. The number of imidazole rings is 1. The Morgan fingerprint density at radius 2 is 1.24 bits per heavy atom. The van der Waals surface area contributed by atoms with Gasteiger partial charge in [-0.15, -0.1) is 0 Å². The fourth-order valence-corrected chi connectivity index (χ4v) is 7.41. The van der Waals surface area contributed by atoms with Crippen LogP contribution in [0.15, 0.2) is 36.7 Å². The lowest BCUT2D eigenvalue weighted by atomic mass is 10.0. The van der Waals surface area contributed by atoms with Crippen molar-refractivity contribution in [2.75, 3.05) is 6.16 Å². The molecule has 3 aromatic rings. The summed E-state index contributed by atoms with van der Waals surface area (Å²) in [6.45, 7) is 11.3. The van der Waals surface area contributed by atoms with Crippen LogP contribution >= 0.6 is 7.14 Å². The molecule has 6 heteroatoms. The lowest BCUT2D eigenvalue weighted by Gasteiger charge is -2.21. The molecule has 0 aliphatic rings. The molecule has 0 aliphatic heterocycles. The average molecular weight is 465 g/mol. The molecule has 2 aromatic carbocycles. The van der Waals surface area contributed by atoms with Gasteiger partial charge in [0, 0.05) is 43.2 Å². The van der Waals surface area contributed by atoms with Crippen LogP contribution < -0.4 is 0 Å². The molecule has 0 fully saturated rings. The van der Waals surface area contributed by atoms with E-state index in [0.717, 1.165) is 39.2 Å². The summed E-state index contributed by atoms with van der Waals surface area (Å²) in [5.41, 5.74) is 4.86. The molecule has 1 heterocycles. The Morgan fingerprint density at radius 1 is 0.818 bits per heavy atom. The predicted molar refractivity (Wildman–Crippen MR) is 134 cm³/mol. The van der Waals surface area contributed by atoms with Gasteiger partial charge in [-0.05, 0) is 70.2 Å². The Bertz CT molecular complexity index is 1170. The van der Waals surface area contributed by atoms with Crippen LogP contribution in [0.25, 0.3) is 0 Å². The number of nitrogens with zero attached hydrogens (tertiary/aromatic N) is 2. The lowest BCUT2D eigenvalue weighted by Crippen LogP contribution is -2.18. The Hall–Kier alpha value is -2.78. The summed E-state index contributed by atoms with van der Waals surface area (Å²) in [5, 5.41) is 0. The number of aromatic nitrogens is 2. The van der Waals surface area contributed by atoms with Crippen LogP contribution in [-0.4, -0.2) is 26.8 Å². The fraction of sp³-hybridized carbons (Fsp3) is 0.370. The van der Waals surface area contributed by atoms with Gasteiger partial charge in [0.15, 0.2) is 0 Å². The van der Waals surface area contributed by atoms with Gasteiger partial charge in [0.1, 0.15) is 5.82 Å². The van der Waals surface area contributed by atoms with Gasteiger partial charge in [-0.3, -0.25) is 9.59 Å². The number of hydrogen-bond donors (Lipinski definition) is 0. The monoisotopic (exact) mass is 464 g/mol. The molecule has 0 aliphatic carbocycles. The fourth-order valence-electron chi connectivity index (χ4n) is 4.79. The zero-order chi connectivity index (χ0) is 24.5. The Kier molecular flexibility index (Phi) is 7.23. The number of hydrogen-bond acceptors (Lipinski definition) is 4. The van der Waals surface area contributed by atoms with Crippen molar-refractivity contribution in [1.82, 2.24) is 9.55 Å². The molecule has 1 aromatic heterocycles. The highest BCUT2D eigenvalue weighted by molar-refractivity contribution is 7.95. The molecule has 0 spiro atoms. The highest BCUT2D eigenvalue weighted by atomic mass is 31.2. The highest BCUT2D eigenvalue weighted by Crippen LogP contribution is 2.54. The molecule has 174 valence electrons. The van der Waals surface area contributed by atoms with E-state index < -0.39 is 18.2 Å². The van der Waals surface area contributed by atoms with Gasteiger partial charge in [0.2, 0.25) is 18.2 Å². The standard InChI is InChI=1S/C27H33N2O3P/c1-17-13-19(3)24(20(4)14-17)26(30)33(32,12-8-9-23-28-10-11-29(23)7)27(31)25-21(5)15-18(2)16-22(25)6/h10-11,13-16H,8-9,12H2,1-7H3. The maximum atomic E-state index is 14.5. The minimum absolute atomic E-state index is 0.0248. The number of aryl methyl sites for hydroxylation is 8. The van der Waals surface area contributed by atoms with Crippen molar-refractivity contribution in [3.05, 3.63) is 87.0 Å². The minimum Gasteiger partial charge on any atom is -0.338 e. The van der Waals surface area contributed by atoms with Gasteiger partial charge in [-0.2, -0.15) is 0 Å². The van der Waals surface area contributed by atoms with Crippen molar-refractivity contribution in [2.45, 2.75) is 54.4 Å². The summed E-state index contributed by atoms with van der Waals surface area (Å²) in [6, 6.07) is 7.63. The summed E-state index contributed by atoms with van der Waals surface area (Å²) in [7, 11) is -2.03. The Labute approximate surface area is 196 Å². The SMILES string of the molecule is Cc1cc(C)c(C(=O)P(=O)(CCCc2nccn2C)C(=O)c2c(C)cc(C)cc2C)c(C)c1. The molecular formula is C27H33N2O3P. The normalized spacial score (nSPS) is 11.6. The summed E-state index contributed by atoms with van der Waals surface area (Å²) < 4.78 is 16.4. The van der Waals surface area contributed by atoms with E-state index in [4.69, 9.17) is 0 Å². The molecule has 0 amide bonds. The van der Waals surface area contributed by atoms with Crippen LogP contribution in [0.5, 0.6) is 0 Å². The third-order valence-electron chi connectivity index (χ3n) is 6.23. The number of carbonyl (C=O) groups excluding carboxylic acids is 2. The largest absolute Gasteiger partial charge is 0.338 e. The van der Waals surface area contributed by atoms with Gasteiger partial charge >= 0.3 is 0 Å². The number of rotatable bonds is 8. The van der Waals surface area contributed by atoms with Crippen molar-refractivity contribution in [3.63, 3.8) is 0 Å². The third-order valence-corrected chi connectivity index (χ3v) is 8.94. The van der Waals surface area contributed by atoms with Gasteiger partial charge in [-0.25, -0.2) is 4.98 Å². The molecule has 0 unspecified atom stereocenters. The summed E-state index contributed by atoms with van der Waals surface area (Å²) in [5.74, 6) is 0.840. The third kappa shape index (κ3) is 4.94. The molecule has 0 bridgehead atoms. The van der Waals surface area contributed by atoms with Crippen LogP contribution in [0, 0.1) is 41.5 Å². The molecule has 5 nitrogen and oxygen atoms in total. The molecule has 33 heavy (non-hydrogen) atoms. The lowest BCUT2D eigenvalue weighted by molar-refractivity contribution is 0.103.